The quantitative estimate of drug-likeness (QED) is 0.899. The third kappa shape index (κ3) is 3.99. The molecule has 26 heavy (non-hydrogen) atoms. The molecular weight excluding hydrogens is 328 g/mol. The summed E-state index contributed by atoms with van der Waals surface area (Å²) >= 11 is 0. The van der Waals surface area contributed by atoms with Crippen LogP contribution in [0.4, 0.5) is 0 Å². The largest absolute Gasteiger partial charge is 0.454 e. The van der Waals surface area contributed by atoms with Crippen LogP contribution in [-0.2, 0) is 11.3 Å². The van der Waals surface area contributed by atoms with Crippen LogP contribution in [0.1, 0.15) is 29.9 Å². The molecule has 5 nitrogen and oxygen atoms in total. The molecule has 0 radical (unpaired) electrons. The highest BCUT2D eigenvalue weighted by atomic mass is 16.7. The molecule has 4 rings (SSSR count). The summed E-state index contributed by atoms with van der Waals surface area (Å²) in [4.78, 5) is 14.4. The Morgan fingerprint density at radius 2 is 1.81 bits per heavy atom. The smallest absolute Gasteiger partial charge is 0.234 e. The fraction of sp³-hybridized carbons (Fsp3) is 0.381. The van der Waals surface area contributed by atoms with Crippen molar-refractivity contribution in [3.8, 4) is 11.5 Å². The minimum atomic E-state index is 0.0929. The number of hydrogen-bond donors (Lipinski definition) is 1. The molecule has 0 unspecified atom stereocenters. The summed E-state index contributed by atoms with van der Waals surface area (Å²) in [6.45, 7) is 3.26. The standard InChI is InChI=1S/C21H24N2O3/c24-21(22-13-16-4-2-1-3-5-16)14-23-10-8-17(9-11-23)18-6-7-19-20(12-18)26-15-25-19/h1-7,12,17H,8-11,13-15H2,(H,22,24). The van der Waals surface area contributed by atoms with Crippen LogP contribution in [-0.4, -0.2) is 37.2 Å². The van der Waals surface area contributed by atoms with Gasteiger partial charge in [0.05, 0.1) is 6.54 Å². The Morgan fingerprint density at radius 1 is 1.04 bits per heavy atom. The lowest BCUT2D eigenvalue weighted by Crippen LogP contribution is -2.41. The molecule has 1 fully saturated rings. The predicted octanol–water partition coefficient (Wildman–Crippen LogP) is 2.91. The minimum Gasteiger partial charge on any atom is -0.454 e. The van der Waals surface area contributed by atoms with Gasteiger partial charge in [-0.25, -0.2) is 0 Å². The molecule has 2 heterocycles. The number of piperidine rings is 1. The molecule has 0 saturated carbocycles. The van der Waals surface area contributed by atoms with Crippen molar-refractivity contribution >= 4 is 5.91 Å². The van der Waals surface area contributed by atoms with Crippen molar-refractivity contribution in [3.05, 3.63) is 59.7 Å². The summed E-state index contributed by atoms with van der Waals surface area (Å²) in [5.74, 6) is 2.30. The molecule has 0 bridgehead atoms. The Labute approximate surface area is 153 Å². The first-order chi connectivity index (χ1) is 12.8. The number of nitrogens with one attached hydrogen (secondary N) is 1. The molecular formula is C21H24N2O3. The highest BCUT2D eigenvalue weighted by molar-refractivity contribution is 5.78. The van der Waals surface area contributed by atoms with Crippen molar-refractivity contribution in [2.75, 3.05) is 26.4 Å². The molecule has 2 aliphatic heterocycles. The summed E-state index contributed by atoms with van der Waals surface area (Å²) in [5, 5.41) is 3.01. The predicted molar refractivity (Wildman–Crippen MR) is 99.3 cm³/mol. The number of nitrogens with zero attached hydrogens (tertiary/aromatic N) is 1. The second-order valence-electron chi connectivity index (χ2n) is 6.93. The Hall–Kier alpha value is -2.53. The Kier molecular flexibility index (Phi) is 5.07. The van der Waals surface area contributed by atoms with Crippen molar-refractivity contribution in [1.82, 2.24) is 10.2 Å². The summed E-state index contributed by atoms with van der Waals surface area (Å²) < 4.78 is 10.9. The van der Waals surface area contributed by atoms with E-state index >= 15 is 0 Å². The summed E-state index contributed by atoms with van der Waals surface area (Å²) in [6, 6.07) is 16.3. The van der Waals surface area contributed by atoms with E-state index in [1.165, 1.54) is 5.56 Å². The third-order valence-electron chi connectivity index (χ3n) is 5.16. The van der Waals surface area contributed by atoms with E-state index in [4.69, 9.17) is 9.47 Å². The first-order valence-electron chi connectivity index (χ1n) is 9.20. The molecule has 0 aromatic heterocycles. The molecule has 0 spiro atoms. The zero-order valence-electron chi connectivity index (χ0n) is 14.8. The van der Waals surface area contributed by atoms with Crippen molar-refractivity contribution in [3.63, 3.8) is 0 Å². The first kappa shape index (κ1) is 16.9. The summed E-state index contributed by atoms with van der Waals surface area (Å²) in [5.41, 5.74) is 2.43. The SMILES string of the molecule is O=C(CN1CCC(c2ccc3c(c2)OCO3)CC1)NCc1ccccc1. The maximum Gasteiger partial charge on any atom is 0.234 e. The topological polar surface area (TPSA) is 50.8 Å². The van der Waals surface area contributed by atoms with Crippen LogP contribution in [0.15, 0.2) is 48.5 Å². The van der Waals surface area contributed by atoms with E-state index in [1.807, 2.05) is 36.4 Å². The van der Waals surface area contributed by atoms with E-state index < -0.39 is 0 Å². The highest BCUT2D eigenvalue weighted by Gasteiger charge is 2.24. The van der Waals surface area contributed by atoms with Crippen LogP contribution in [0.2, 0.25) is 0 Å². The average Bonchev–Trinajstić information content (AvgIpc) is 3.16. The van der Waals surface area contributed by atoms with Crippen molar-refractivity contribution < 1.29 is 14.3 Å². The van der Waals surface area contributed by atoms with Gasteiger partial charge in [0.25, 0.3) is 0 Å². The Morgan fingerprint density at radius 3 is 2.62 bits per heavy atom. The molecule has 2 aromatic carbocycles. The van der Waals surface area contributed by atoms with Gasteiger partial charge >= 0.3 is 0 Å². The van der Waals surface area contributed by atoms with Crippen LogP contribution in [0, 0.1) is 0 Å². The summed E-state index contributed by atoms with van der Waals surface area (Å²) in [6.07, 6.45) is 2.12. The van der Waals surface area contributed by atoms with Gasteiger partial charge in [-0.2, -0.15) is 0 Å². The van der Waals surface area contributed by atoms with E-state index in [2.05, 4.69) is 22.3 Å². The fourth-order valence-corrected chi connectivity index (χ4v) is 3.65. The lowest BCUT2D eigenvalue weighted by Gasteiger charge is -2.31. The van der Waals surface area contributed by atoms with Gasteiger partial charge in [0.15, 0.2) is 11.5 Å². The van der Waals surface area contributed by atoms with Crippen LogP contribution < -0.4 is 14.8 Å². The molecule has 1 saturated heterocycles. The van der Waals surface area contributed by atoms with Crippen LogP contribution in [0.5, 0.6) is 11.5 Å². The number of benzene rings is 2. The number of carbonyl (C=O) groups is 1. The van der Waals surface area contributed by atoms with Crippen LogP contribution in [0.25, 0.3) is 0 Å². The zero-order chi connectivity index (χ0) is 17.8. The fourth-order valence-electron chi connectivity index (χ4n) is 3.65. The molecule has 136 valence electrons. The Balaban J connectivity index is 1.24. The molecule has 2 aromatic rings. The number of fused-ring (bicyclic) bond motifs is 1. The number of hydrogen-bond acceptors (Lipinski definition) is 4. The first-order valence-corrected chi connectivity index (χ1v) is 9.20. The number of ether oxygens (including phenoxy) is 2. The van der Waals surface area contributed by atoms with E-state index in [0.717, 1.165) is 43.0 Å². The van der Waals surface area contributed by atoms with Crippen LogP contribution >= 0.6 is 0 Å². The molecule has 1 N–H and O–H groups in total. The second kappa shape index (κ2) is 7.79. The van der Waals surface area contributed by atoms with E-state index in [0.29, 0.717) is 25.8 Å². The number of carbonyl (C=O) groups excluding carboxylic acids is 1. The Bertz CT molecular complexity index is 755. The number of rotatable bonds is 5. The maximum atomic E-state index is 12.2. The molecule has 0 aliphatic carbocycles. The normalized spacial score (nSPS) is 17.2. The lowest BCUT2D eigenvalue weighted by molar-refractivity contribution is -0.122. The monoisotopic (exact) mass is 352 g/mol. The van der Waals surface area contributed by atoms with Gasteiger partial charge in [-0.05, 0) is 55.1 Å². The van der Waals surface area contributed by atoms with E-state index in [9.17, 15) is 4.79 Å². The van der Waals surface area contributed by atoms with E-state index in [-0.39, 0.29) is 5.91 Å². The maximum absolute atomic E-state index is 12.2. The van der Waals surface area contributed by atoms with Gasteiger partial charge in [-0.1, -0.05) is 36.4 Å². The number of amides is 1. The molecule has 1 amide bonds. The third-order valence-corrected chi connectivity index (χ3v) is 5.16. The van der Waals surface area contributed by atoms with Crippen molar-refractivity contribution in [1.29, 1.82) is 0 Å². The van der Waals surface area contributed by atoms with E-state index in [1.54, 1.807) is 0 Å². The molecule has 5 heteroatoms. The lowest BCUT2D eigenvalue weighted by atomic mass is 9.89. The van der Waals surface area contributed by atoms with Crippen molar-refractivity contribution in [2.45, 2.75) is 25.3 Å². The van der Waals surface area contributed by atoms with Gasteiger partial charge in [-0.3, -0.25) is 9.69 Å². The highest BCUT2D eigenvalue weighted by Crippen LogP contribution is 2.37. The average molecular weight is 352 g/mol. The van der Waals surface area contributed by atoms with Gasteiger partial charge in [0, 0.05) is 6.54 Å². The minimum absolute atomic E-state index is 0.0929. The van der Waals surface area contributed by atoms with Gasteiger partial charge in [-0.15, -0.1) is 0 Å². The molecule has 2 aliphatic rings. The van der Waals surface area contributed by atoms with Crippen LogP contribution in [0.3, 0.4) is 0 Å². The van der Waals surface area contributed by atoms with Gasteiger partial charge in [0.1, 0.15) is 0 Å². The zero-order valence-corrected chi connectivity index (χ0v) is 14.8. The van der Waals surface area contributed by atoms with Gasteiger partial charge in [0.2, 0.25) is 12.7 Å². The van der Waals surface area contributed by atoms with Gasteiger partial charge < -0.3 is 14.8 Å². The number of likely N-dealkylation sites (tertiary alicyclic amines) is 1. The molecule has 0 atom stereocenters. The summed E-state index contributed by atoms with van der Waals surface area (Å²) in [7, 11) is 0. The van der Waals surface area contributed by atoms with Crippen molar-refractivity contribution in [2.24, 2.45) is 0 Å². The second-order valence-corrected chi connectivity index (χ2v) is 6.93.